The van der Waals surface area contributed by atoms with Crippen LogP contribution in [0, 0.1) is 0 Å². The molecule has 0 aromatic carbocycles. The van der Waals surface area contributed by atoms with E-state index in [4.69, 9.17) is 10.5 Å². The highest BCUT2D eigenvalue weighted by molar-refractivity contribution is 5.04. The molecule has 0 radical (unpaired) electrons. The summed E-state index contributed by atoms with van der Waals surface area (Å²) < 4.78 is 6.77. The minimum Gasteiger partial charge on any atom is -0.462 e. The molecule has 2 rings (SSSR count). The van der Waals surface area contributed by atoms with Gasteiger partial charge in [0.15, 0.2) is 5.82 Å². The zero-order valence-corrected chi connectivity index (χ0v) is 7.34. The lowest BCUT2D eigenvalue weighted by Crippen LogP contribution is -2.25. The summed E-state index contributed by atoms with van der Waals surface area (Å²) in [4.78, 5) is 4.01. The van der Waals surface area contributed by atoms with Gasteiger partial charge in [-0.3, -0.25) is 0 Å². The van der Waals surface area contributed by atoms with Gasteiger partial charge in [0.1, 0.15) is 12.7 Å². The van der Waals surface area contributed by atoms with Crippen LogP contribution in [0.2, 0.25) is 0 Å². The van der Waals surface area contributed by atoms with Crippen LogP contribution < -0.4 is 10.5 Å². The number of nitrogens with zero attached hydrogens (tertiary/aromatic N) is 3. The molecule has 3 N–H and O–H groups in total. The van der Waals surface area contributed by atoms with Gasteiger partial charge in [-0.25, -0.2) is 4.68 Å². The molecule has 0 aliphatic carbocycles. The van der Waals surface area contributed by atoms with Gasteiger partial charge in [-0.15, -0.1) is 0 Å². The number of fused-ring (bicyclic) bond motifs is 1. The highest BCUT2D eigenvalue weighted by atomic mass is 16.5. The predicted molar refractivity (Wildman–Crippen MR) is 44.1 cm³/mol. The smallest absolute Gasteiger partial charge is 0.315 e. The van der Waals surface area contributed by atoms with E-state index in [0.29, 0.717) is 25.0 Å². The maximum Gasteiger partial charge on any atom is 0.315 e. The molecule has 0 spiro atoms. The fraction of sp³-hybridized carbons (Fsp3) is 0.714. The minimum absolute atomic E-state index is 0.338. The Morgan fingerprint density at radius 2 is 2.46 bits per heavy atom. The fourth-order valence-corrected chi connectivity index (χ4v) is 1.18. The average molecular weight is 184 g/mol. The molecule has 1 aliphatic heterocycles. The molecule has 1 aromatic heterocycles. The molecule has 0 saturated heterocycles. The molecular weight excluding hydrogens is 172 g/mol. The van der Waals surface area contributed by atoms with Crippen molar-refractivity contribution in [2.45, 2.75) is 25.6 Å². The van der Waals surface area contributed by atoms with E-state index in [9.17, 15) is 5.11 Å². The summed E-state index contributed by atoms with van der Waals surface area (Å²) in [6.07, 6.45) is -0.818. The Balaban J connectivity index is 2.23. The van der Waals surface area contributed by atoms with Crippen LogP contribution >= 0.6 is 0 Å². The van der Waals surface area contributed by atoms with Crippen LogP contribution in [0.3, 0.4) is 0 Å². The van der Waals surface area contributed by atoms with Gasteiger partial charge in [0.05, 0.1) is 6.54 Å². The van der Waals surface area contributed by atoms with E-state index in [1.54, 1.807) is 11.6 Å². The second-order valence-corrected chi connectivity index (χ2v) is 3.13. The molecule has 0 fully saturated rings. The van der Waals surface area contributed by atoms with Crippen molar-refractivity contribution in [3.63, 3.8) is 0 Å². The third-order valence-corrected chi connectivity index (χ3v) is 1.95. The summed E-state index contributed by atoms with van der Waals surface area (Å²) in [6.45, 7) is 3.00. The summed E-state index contributed by atoms with van der Waals surface area (Å²) in [7, 11) is 0. The molecule has 6 heteroatoms. The highest BCUT2D eigenvalue weighted by Crippen LogP contribution is 2.18. The van der Waals surface area contributed by atoms with Crippen LogP contribution in [-0.2, 0) is 6.54 Å². The standard InChI is InChI=1S/C7H12N4O2/c1-4(8)5(12)6-9-7-11(10-6)2-3-13-7/h4-5,12H,2-3,8H2,1H3. The summed E-state index contributed by atoms with van der Waals surface area (Å²) >= 11 is 0. The number of hydrogen-bond acceptors (Lipinski definition) is 5. The summed E-state index contributed by atoms with van der Waals surface area (Å²) in [5.74, 6) is 0.338. The highest BCUT2D eigenvalue weighted by Gasteiger charge is 2.23. The second-order valence-electron chi connectivity index (χ2n) is 3.13. The second kappa shape index (κ2) is 2.97. The average Bonchev–Trinajstić information content (AvgIpc) is 2.59. The first-order chi connectivity index (χ1) is 6.18. The Morgan fingerprint density at radius 3 is 3.08 bits per heavy atom. The monoisotopic (exact) mass is 184 g/mol. The zero-order valence-electron chi connectivity index (χ0n) is 7.34. The van der Waals surface area contributed by atoms with E-state index in [1.165, 1.54) is 0 Å². The van der Waals surface area contributed by atoms with Gasteiger partial charge in [0.25, 0.3) is 0 Å². The number of aromatic nitrogens is 3. The van der Waals surface area contributed by atoms with Crippen molar-refractivity contribution in [1.29, 1.82) is 0 Å². The van der Waals surface area contributed by atoms with E-state index in [1.807, 2.05) is 0 Å². The molecule has 72 valence electrons. The van der Waals surface area contributed by atoms with Gasteiger partial charge in [-0.2, -0.15) is 10.1 Å². The number of nitrogens with two attached hydrogens (primary N) is 1. The Hall–Kier alpha value is -1.14. The quantitative estimate of drug-likeness (QED) is 0.619. The molecule has 1 aliphatic rings. The first-order valence-electron chi connectivity index (χ1n) is 4.19. The number of hydrogen-bond donors (Lipinski definition) is 2. The molecule has 2 heterocycles. The lowest BCUT2D eigenvalue weighted by Gasteiger charge is -2.09. The van der Waals surface area contributed by atoms with E-state index in [2.05, 4.69) is 10.1 Å². The lowest BCUT2D eigenvalue weighted by atomic mass is 10.2. The molecule has 6 nitrogen and oxygen atoms in total. The Kier molecular flexibility index (Phi) is 1.93. The Morgan fingerprint density at radius 1 is 1.69 bits per heavy atom. The summed E-state index contributed by atoms with van der Waals surface area (Å²) in [5, 5.41) is 13.6. The van der Waals surface area contributed by atoms with E-state index >= 15 is 0 Å². The summed E-state index contributed by atoms with van der Waals surface area (Å²) in [5.41, 5.74) is 5.51. The predicted octanol–water partition coefficient (Wildman–Crippen LogP) is -0.949. The molecule has 0 saturated carbocycles. The van der Waals surface area contributed by atoms with Crippen LogP contribution in [0.1, 0.15) is 18.9 Å². The van der Waals surface area contributed by atoms with Crippen molar-refractivity contribution in [3.05, 3.63) is 5.82 Å². The number of rotatable bonds is 2. The van der Waals surface area contributed by atoms with Crippen LogP contribution in [0.4, 0.5) is 0 Å². The van der Waals surface area contributed by atoms with Crippen molar-refractivity contribution in [1.82, 2.24) is 14.8 Å². The fourth-order valence-electron chi connectivity index (χ4n) is 1.18. The third-order valence-electron chi connectivity index (χ3n) is 1.95. The van der Waals surface area contributed by atoms with Gasteiger partial charge < -0.3 is 15.6 Å². The van der Waals surface area contributed by atoms with Gasteiger partial charge in [0.2, 0.25) is 0 Å². The first-order valence-corrected chi connectivity index (χ1v) is 4.19. The minimum atomic E-state index is -0.818. The normalized spacial score (nSPS) is 19.3. The SMILES string of the molecule is CC(N)C(O)c1nc2n(n1)CCO2. The number of ether oxygens (including phenoxy) is 1. The Bertz CT molecular complexity index is 288. The van der Waals surface area contributed by atoms with Crippen LogP contribution in [0.15, 0.2) is 0 Å². The molecule has 2 atom stereocenters. The van der Waals surface area contributed by atoms with Gasteiger partial charge in [-0.1, -0.05) is 0 Å². The molecular formula is C7H12N4O2. The van der Waals surface area contributed by atoms with Crippen molar-refractivity contribution in [2.24, 2.45) is 5.73 Å². The van der Waals surface area contributed by atoms with Crippen molar-refractivity contribution in [3.8, 4) is 6.01 Å². The first kappa shape index (κ1) is 8.46. The van der Waals surface area contributed by atoms with Crippen LogP contribution in [0.5, 0.6) is 6.01 Å². The molecule has 13 heavy (non-hydrogen) atoms. The molecule has 1 aromatic rings. The molecule has 2 unspecified atom stereocenters. The van der Waals surface area contributed by atoms with E-state index in [-0.39, 0.29) is 6.04 Å². The Labute approximate surface area is 75.3 Å². The van der Waals surface area contributed by atoms with E-state index in [0.717, 1.165) is 0 Å². The molecule has 0 amide bonds. The van der Waals surface area contributed by atoms with Gasteiger partial charge in [-0.05, 0) is 6.92 Å². The van der Waals surface area contributed by atoms with Gasteiger partial charge in [0, 0.05) is 6.04 Å². The maximum atomic E-state index is 9.54. The van der Waals surface area contributed by atoms with E-state index < -0.39 is 6.10 Å². The topological polar surface area (TPSA) is 86.2 Å². The van der Waals surface area contributed by atoms with Crippen molar-refractivity contribution < 1.29 is 9.84 Å². The zero-order chi connectivity index (χ0) is 9.42. The van der Waals surface area contributed by atoms with Crippen molar-refractivity contribution >= 4 is 0 Å². The van der Waals surface area contributed by atoms with Crippen molar-refractivity contribution in [2.75, 3.05) is 6.61 Å². The number of aliphatic hydroxyl groups excluding tert-OH is 1. The lowest BCUT2D eigenvalue weighted by molar-refractivity contribution is 0.142. The third kappa shape index (κ3) is 1.38. The largest absolute Gasteiger partial charge is 0.462 e. The summed E-state index contributed by atoms with van der Waals surface area (Å²) in [6, 6.07) is 0.0952. The van der Waals surface area contributed by atoms with Gasteiger partial charge >= 0.3 is 6.01 Å². The number of aliphatic hydroxyl groups is 1. The van der Waals surface area contributed by atoms with Crippen LogP contribution in [0.25, 0.3) is 0 Å². The maximum absolute atomic E-state index is 9.54. The van der Waals surface area contributed by atoms with Crippen LogP contribution in [-0.4, -0.2) is 32.5 Å². The molecule has 0 bridgehead atoms.